The van der Waals surface area contributed by atoms with Gasteiger partial charge < -0.3 is 9.80 Å². The summed E-state index contributed by atoms with van der Waals surface area (Å²) in [5.41, 5.74) is 1.80. The van der Waals surface area contributed by atoms with Crippen LogP contribution in [0.4, 0.5) is 14.7 Å². The highest BCUT2D eigenvalue weighted by Gasteiger charge is 2.41. The third-order valence-electron chi connectivity index (χ3n) is 4.29. The van der Waals surface area contributed by atoms with Crippen LogP contribution >= 0.6 is 0 Å². The summed E-state index contributed by atoms with van der Waals surface area (Å²) in [5.74, 6) is -2.12. The first-order valence-electron chi connectivity index (χ1n) is 7.58. The van der Waals surface area contributed by atoms with E-state index in [4.69, 9.17) is 0 Å². The maximum absolute atomic E-state index is 13.1. The normalized spacial score (nSPS) is 21.6. The van der Waals surface area contributed by atoms with Crippen LogP contribution in [-0.4, -0.2) is 52.9 Å². The van der Waals surface area contributed by atoms with Gasteiger partial charge >= 0.3 is 0 Å². The molecule has 2 fully saturated rings. The van der Waals surface area contributed by atoms with Gasteiger partial charge in [-0.15, -0.1) is 0 Å². The number of nitrogens with zero attached hydrogens (tertiary/aromatic N) is 4. The minimum Gasteiger partial charge on any atom is -0.342 e. The van der Waals surface area contributed by atoms with Crippen LogP contribution in [-0.2, 0) is 4.79 Å². The molecule has 0 saturated carbocycles. The Balaban J connectivity index is 1.56. The summed E-state index contributed by atoms with van der Waals surface area (Å²) in [4.78, 5) is 24.6. The highest BCUT2D eigenvalue weighted by atomic mass is 19.3. The van der Waals surface area contributed by atoms with E-state index in [1.165, 1.54) is 0 Å². The number of likely N-dealkylation sites (tertiary alicyclic amines) is 1. The number of halogens is 2. The number of amides is 1. The van der Waals surface area contributed by atoms with Crippen molar-refractivity contribution < 1.29 is 13.6 Å². The van der Waals surface area contributed by atoms with Crippen molar-refractivity contribution in [3.8, 4) is 0 Å². The predicted octanol–water partition coefficient (Wildman–Crippen LogP) is 1.79. The second-order valence-electron chi connectivity index (χ2n) is 6.23. The Bertz CT molecular complexity index is 557. The lowest BCUT2D eigenvalue weighted by atomic mass is 9.97. The van der Waals surface area contributed by atoms with Gasteiger partial charge in [0.25, 0.3) is 5.92 Å². The van der Waals surface area contributed by atoms with Gasteiger partial charge in [-0.1, -0.05) is 0 Å². The van der Waals surface area contributed by atoms with E-state index in [0.29, 0.717) is 19.0 Å². The average Bonchev–Trinajstić information content (AvgIpc) is 2.35. The zero-order valence-corrected chi connectivity index (χ0v) is 12.9. The fourth-order valence-electron chi connectivity index (χ4n) is 2.96. The lowest BCUT2D eigenvalue weighted by Gasteiger charge is -2.42. The average molecular weight is 310 g/mol. The van der Waals surface area contributed by atoms with E-state index >= 15 is 0 Å². The number of hydrogen-bond acceptors (Lipinski definition) is 4. The van der Waals surface area contributed by atoms with Gasteiger partial charge in [0, 0.05) is 50.4 Å². The van der Waals surface area contributed by atoms with Crippen molar-refractivity contribution in [3.05, 3.63) is 17.5 Å². The van der Waals surface area contributed by atoms with E-state index in [-0.39, 0.29) is 37.8 Å². The zero-order valence-electron chi connectivity index (χ0n) is 12.9. The van der Waals surface area contributed by atoms with Crippen LogP contribution in [0.15, 0.2) is 6.07 Å². The van der Waals surface area contributed by atoms with Crippen molar-refractivity contribution in [1.29, 1.82) is 0 Å². The molecular weight excluding hydrogens is 290 g/mol. The molecule has 22 heavy (non-hydrogen) atoms. The molecular formula is C15H20F2N4O. The first kappa shape index (κ1) is 15.1. The number of alkyl halides is 2. The van der Waals surface area contributed by atoms with Gasteiger partial charge in [0.05, 0.1) is 5.92 Å². The largest absolute Gasteiger partial charge is 0.342 e. The number of aryl methyl sites for hydroxylation is 2. The highest BCUT2D eigenvalue weighted by Crippen LogP contribution is 2.30. The zero-order chi connectivity index (χ0) is 15.9. The Kier molecular flexibility index (Phi) is 3.74. The molecule has 3 rings (SSSR count). The number of aromatic nitrogens is 2. The van der Waals surface area contributed by atoms with E-state index in [1.54, 1.807) is 4.90 Å². The van der Waals surface area contributed by atoms with Gasteiger partial charge in [0.15, 0.2) is 0 Å². The number of hydrogen-bond donors (Lipinski definition) is 0. The van der Waals surface area contributed by atoms with Gasteiger partial charge in [-0.3, -0.25) is 4.79 Å². The van der Waals surface area contributed by atoms with E-state index in [2.05, 4.69) is 9.97 Å². The van der Waals surface area contributed by atoms with E-state index in [9.17, 15) is 13.6 Å². The number of piperidine rings is 1. The lowest BCUT2D eigenvalue weighted by Crippen LogP contribution is -2.56. The quantitative estimate of drug-likeness (QED) is 0.835. The molecule has 0 aromatic carbocycles. The Morgan fingerprint density at radius 2 is 1.73 bits per heavy atom. The molecule has 2 aliphatic heterocycles. The highest BCUT2D eigenvalue weighted by molar-refractivity contribution is 5.81. The molecule has 0 atom stereocenters. The second-order valence-corrected chi connectivity index (χ2v) is 6.23. The topological polar surface area (TPSA) is 49.3 Å². The van der Waals surface area contributed by atoms with Crippen LogP contribution in [0.3, 0.4) is 0 Å². The SMILES string of the molecule is Cc1cc(C)nc(N2CC(C(=O)N3CCC(F)(F)CC3)C2)n1. The number of carbonyl (C=O) groups is 1. The molecule has 5 nitrogen and oxygen atoms in total. The molecule has 1 amide bonds. The van der Waals surface area contributed by atoms with Crippen molar-refractivity contribution in [2.24, 2.45) is 5.92 Å². The summed E-state index contributed by atoms with van der Waals surface area (Å²) in [6.45, 7) is 5.26. The summed E-state index contributed by atoms with van der Waals surface area (Å²) in [7, 11) is 0. The molecule has 7 heteroatoms. The maximum Gasteiger partial charge on any atom is 0.251 e. The molecule has 0 bridgehead atoms. The molecule has 0 aliphatic carbocycles. The van der Waals surface area contributed by atoms with Crippen molar-refractivity contribution in [3.63, 3.8) is 0 Å². The summed E-state index contributed by atoms with van der Waals surface area (Å²) >= 11 is 0. The van der Waals surface area contributed by atoms with Gasteiger partial charge in [-0.05, 0) is 19.9 Å². The van der Waals surface area contributed by atoms with Crippen LogP contribution in [0.2, 0.25) is 0 Å². The molecule has 2 aliphatic rings. The Labute approximate surface area is 128 Å². The molecule has 3 heterocycles. The Hall–Kier alpha value is -1.79. The molecule has 1 aromatic rings. The molecule has 0 spiro atoms. The van der Waals surface area contributed by atoms with Crippen molar-refractivity contribution in [2.75, 3.05) is 31.1 Å². The second kappa shape index (κ2) is 5.44. The molecule has 120 valence electrons. The Morgan fingerprint density at radius 1 is 1.18 bits per heavy atom. The van der Waals surface area contributed by atoms with Gasteiger partial charge in [0.1, 0.15) is 0 Å². The number of rotatable bonds is 2. The molecule has 2 saturated heterocycles. The van der Waals surface area contributed by atoms with Crippen LogP contribution in [0.1, 0.15) is 24.2 Å². The van der Waals surface area contributed by atoms with E-state index < -0.39 is 5.92 Å². The first-order chi connectivity index (χ1) is 10.3. The lowest BCUT2D eigenvalue weighted by molar-refractivity contribution is -0.142. The van der Waals surface area contributed by atoms with Crippen molar-refractivity contribution >= 4 is 11.9 Å². The van der Waals surface area contributed by atoms with Gasteiger partial charge in [-0.2, -0.15) is 0 Å². The Morgan fingerprint density at radius 3 is 2.27 bits per heavy atom. The van der Waals surface area contributed by atoms with Gasteiger partial charge in [-0.25, -0.2) is 18.7 Å². The fourth-order valence-corrected chi connectivity index (χ4v) is 2.96. The summed E-state index contributed by atoms with van der Waals surface area (Å²) in [6, 6.07) is 1.90. The third kappa shape index (κ3) is 3.03. The summed E-state index contributed by atoms with van der Waals surface area (Å²) in [6.07, 6.45) is -0.454. The van der Waals surface area contributed by atoms with Crippen LogP contribution in [0.5, 0.6) is 0 Å². The van der Waals surface area contributed by atoms with Crippen LogP contribution in [0.25, 0.3) is 0 Å². The van der Waals surface area contributed by atoms with Crippen LogP contribution < -0.4 is 4.90 Å². The van der Waals surface area contributed by atoms with Gasteiger partial charge in [0.2, 0.25) is 11.9 Å². The monoisotopic (exact) mass is 310 g/mol. The van der Waals surface area contributed by atoms with E-state index in [0.717, 1.165) is 11.4 Å². The van der Waals surface area contributed by atoms with E-state index in [1.807, 2.05) is 24.8 Å². The maximum atomic E-state index is 13.1. The van der Waals surface area contributed by atoms with Crippen LogP contribution in [0, 0.1) is 19.8 Å². The standard InChI is InChI=1S/C15H20F2N4O/c1-10-7-11(2)19-14(18-10)21-8-12(9-21)13(22)20-5-3-15(16,17)4-6-20/h7,12H,3-6,8-9H2,1-2H3. The minimum atomic E-state index is -2.62. The molecule has 0 radical (unpaired) electrons. The van der Waals surface area contributed by atoms with Crippen molar-refractivity contribution in [1.82, 2.24) is 14.9 Å². The van der Waals surface area contributed by atoms with Crippen molar-refractivity contribution in [2.45, 2.75) is 32.6 Å². The summed E-state index contributed by atoms with van der Waals surface area (Å²) in [5, 5.41) is 0. The first-order valence-corrected chi connectivity index (χ1v) is 7.58. The number of anilines is 1. The smallest absolute Gasteiger partial charge is 0.251 e. The minimum absolute atomic E-state index is 0.0175. The molecule has 0 unspecified atom stereocenters. The summed E-state index contributed by atoms with van der Waals surface area (Å²) < 4.78 is 26.3. The molecule has 1 aromatic heterocycles. The fraction of sp³-hybridized carbons (Fsp3) is 0.667. The molecule has 0 N–H and O–H groups in total. The third-order valence-corrected chi connectivity index (χ3v) is 4.29. The number of carbonyl (C=O) groups excluding carboxylic acids is 1. The predicted molar refractivity (Wildman–Crippen MR) is 78.0 cm³/mol.